The van der Waals surface area contributed by atoms with E-state index in [2.05, 4.69) is 74.5 Å². The third-order valence-electron chi connectivity index (χ3n) is 6.08. The molecular weight excluding hydrogens is 508 g/mol. The SMILES string of the molecule is C=C(/C=C(/C(C)=O)c1ccccc1C)/C(=C/C)c1cc(Br)ccc1C.CCCC(C)/C=C\C(C)OC. The molecule has 2 aromatic rings. The highest BCUT2D eigenvalue weighted by molar-refractivity contribution is 9.10. The van der Waals surface area contributed by atoms with Gasteiger partial charge in [-0.15, -0.1) is 0 Å². The van der Waals surface area contributed by atoms with Gasteiger partial charge in [0.05, 0.1) is 6.10 Å². The van der Waals surface area contributed by atoms with E-state index >= 15 is 0 Å². The van der Waals surface area contributed by atoms with Crippen molar-refractivity contribution < 1.29 is 9.53 Å². The fraction of sp³-hybridized carbons (Fsp3) is 0.364. The summed E-state index contributed by atoms with van der Waals surface area (Å²) in [5.41, 5.74) is 6.88. The van der Waals surface area contributed by atoms with Crippen LogP contribution in [-0.4, -0.2) is 19.0 Å². The third kappa shape index (κ3) is 10.2. The Morgan fingerprint density at radius 1 is 1.03 bits per heavy atom. The lowest BCUT2D eigenvalue weighted by Gasteiger charge is -2.14. The van der Waals surface area contributed by atoms with Gasteiger partial charge in [0.2, 0.25) is 0 Å². The van der Waals surface area contributed by atoms with E-state index in [1.807, 2.05) is 56.3 Å². The Balaban J connectivity index is 0.000000497. The van der Waals surface area contributed by atoms with Gasteiger partial charge >= 0.3 is 0 Å². The molecule has 0 radical (unpaired) electrons. The summed E-state index contributed by atoms with van der Waals surface area (Å²) in [5.74, 6) is 0.731. The lowest BCUT2D eigenvalue weighted by molar-refractivity contribution is -0.111. The first-order valence-electron chi connectivity index (χ1n) is 12.7. The number of aryl methyl sites for hydroxylation is 2. The summed E-state index contributed by atoms with van der Waals surface area (Å²) in [7, 11) is 1.74. The highest BCUT2D eigenvalue weighted by Crippen LogP contribution is 2.31. The Bertz CT molecular complexity index is 1100. The molecule has 2 nitrogen and oxygen atoms in total. The van der Waals surface area contributed by atoms with Crippen LogP contribution in [0, 0.1) is 19.8 Å². The predicted molar refractivity (Wildman–Crippen MR) is 161 cm³/mol. The Kier molecular flexibility index (Phi) is 14.3. The number of hydrogen-bond donors (Lipinski definition) is 0. The predicted octanol–water partition coefficient (Wildman–Crippen LogP) is 9.71. The first-order valence-corrected chi connectivity index (χ1v) is 13.5. The molecule has 0 aliphatic heterocycles. The van der Waals surface area contributed by atoms with Crippen LogP contribution in [-0.2, 0) is 9.53 Å². The smallest absolute Gasteiger partial charge is 0.160 e. The number of ether oxygens (including phenoxy) is 1. The van der Waals surface area contributed by atoms with E-state index in [9.17, 15) is 4.79 Å². The number of ketones is 1. The molecule has 3 heteroatoms. The summed E-state index contributed by atoms with van der Waals surface area (Å²) in [5, 5.41) is 0. The van der Waals surface area contributed by atoms with Crippen LogP contribution in [0.3, 0.4) is 0 Å². The highest BCUT2D eigenvalue weighted by atomic mass is 79.9. The quantitative estimate of drug-likeness (QED) is 0.167. The summed E-state index contributed by atoms with van der Waals surface area (Å²) < 4.78 is 6.11. The van der Waals surface area contributed by atoms with Crippen LogP contribution in [0.25, 0.3) is 11.1 Å². The molecule has 2 atom stereocenters. The molecule has 2 unspecified atom stereocenters. The second-order valence-electron chi connectivity index (χ2n) is 9.21. The van der Waals surface area contributed by atoms with Gasteiger partial charge in [0, 0.05) is 17.2 Å². The minimum absolute atomic E-state index is 0.0388. The molecule has 0 bridgehead atoms. The first-order chi connectivity index (χ1) is 17.0. The molecule has 194 valence electrons. The number of allylic oxidation sites excluding steroid dienone is 6. The Morgan fingerprint density at radius 3 is 2.22 bits per heavy atom. The van der Waals surface area contributed by atoms with E-state index < -0.39 is 0 Å². The van der Waals surface area contributed by atoms with Crippen molar-refractivity contribution >= 4 is 32.9 Å². The number of carbonyl (C=O) groups excluding carboxylic acids is 1. The van der Waals surface area contributed by atoms with Crippen LogP contribution in [0.5, 0.6) is 0 Å². The van der Waals surface area contributed by atoms with Gasteiger partial charge in [-0.3, -0.25) is 4.79 Å². The minimum atomic E-state index is 0.0388. The number of rotatable bonds is 10. The zero-order valence-electron chi connectivity index (χ0n) is 23.3. The second kappa shape index (κ2) is 16.3. The van der Waals surface area contributed by atoms with Crippen LogP contribution in [0.15, 0.2) is 83.4 Å². The molecule has 0 saturated heterocycles. The zero-order valence-corrected chi connectivity index (χ0v) is 24.9. The summed E-state index contributed by atoms with van der Waals surface area (Å²) in [6.45, 7) is 18.4. The summed E-state index contributed by atoms with van der Waals surface area (Å²) in [4.78, 5) is 12.3. The van der Waals surface area contributed by atoms with Gasteiger partial charge in [-0.2, -0.15) is 0 Å². The van der Waals surface area contributed by atoms with Gasteiger partial charge in [-0.1, -0.05) is 91.3 Å². The third-order valence-corrected chi connectivity index (χ3v) is 6.58. The summed E-state index contributed by atoms with van der Waals surface area (Å²) in [6.07, 6.45) is 11.1. The van der Waals surface area contributed by atoms with E-state index in [1.165, 1.54) is 18.4 Å². The standard InChI is InChI=1S/C23H23BrO.C10H20O/c1-6-20(22-14-19(24)12-11-16(22)3)17(4)13-23(18(5)25)21-10-8-7-9-15(21)2;1-5-6-9(2)7-8-10(3)11-4/h6-14H,4H2,1-3,5H3;7-10H,5-6H2,1-4H3/b20-6-,23-13-;8-7-. The van der Waals surface area contributed by atoms with E-state index in [-0.39, 0.29) is 11.9 Å². The van der Waals surface area contributed by atoms with Crippen LogP contribution < -0.4 is 0 Å². The first kappa shape index (κ1) is 31.5. The molecule has 0 fully saturated rings. The van der Waals surface area contributed by atoms with E-state index in [4.69, 9.17) is 4.74 Å². The molecule has 0 aliphatic rings. The summed E-state index contributed by atoms with van der Waals surface area (Å²) in [6, 6.07) is 14.1. The van der Waals surface area contributed by atoms with E-state index in [1.54, 1.807) is 14.0 Å². The molecule has 0 aliphatic carbocycles. The Labute approximate surface area is 228 Å². The fourth-order valence-electron chi connectivity index (χ4n) is 3.87. The van der Waals surface area contributed by atoms with Crippen LogP contribution >= 0.6 is 15.9 Å². The topological polar surface area (TPSA) is 26.3 Å². The van der Waals surface area contributed by atoms with Gasteiger partial charge in [0.15, 0.2) is 5.78 Å². The van der Waals surface area contributed by atoms with E-state index in [0.717, 1.165) is 32.3 Å². The van der Waals surface area contributed by atoms with Gasteiger partial charge in [-0.05, 0) is 98.6 Å². The lowest BCUT2D eigenvalue weighted by Crippen LogP contribution is -2.00. The number of Topliss-reactive ketones (excluding diaryl/α,β-unsaturated/α-hetero) is 1. The maximum Gasteiger partial charge on any atom is 0.160 e. The monoisotopic (exact) mass is 550 g/mol. The van der Waals surface area contributed by atoms with E-state index in [0.29, 0.717) is 11.5 Å². The minimum Gasteiger partial charge on any atom is -0.378 e. The second-order valence-corrected chi connectivity index (χ2v) is 10.1. The van der Waals surface area contributed by atoms with Crippen molar-refractivity contribution in [3.63, 3.8) is 0 Å². The van der Waals surface area contributed by atoms with Crippen molar-refractivity contribution in [1.29, 1.82) is 0 Å². The largest absolute Gasteiger partial charge is 0.378 e. The maximum atomic E-state index is 12.3. The molecule has 0 spiro atoms. The molecule has 36 heavy (non-hydrogen) atoms. The lowest BCUT2D eigenvalue weighted by atomic mass is 9.90. The molecule has 0 saturated carbocycles. The molecular formula is C33H43BrO2. The van der Waals surface area contributed by atoms with Gasteiger partial charge in [0.1, 0.15) is 0 Å². The number of benzene rings is 2. The Hall–Kier alpha value is -2.49. The zero-order chi connectivity index (χ0) is 27.3. The van der Waals surface area contributed by atoms with Crippen molar-refractivity contribution in [2.75, 3.05) is 7.11 Å². The number of hydrogen-bond acceptors (Lipinski definition) is 2. The van der Waals surface area contributed by atoms with Crippen molar-refractivity contribution in [3.8, 4) is 0 Å². The fourth-order valence-corrected chi connectivity index (χ4v) is 4.23. The molecule has 0 amide bonds. The van der Waals surface area contributed by atoms with Gasteiger partial charge in [0.25, 0.3) is 0 Å². The molecule has 0 N–H and O–H groups in total. The molecule has 0 heterocycles. The average Bonchev–Trinajstić information content (AvgIpc) is 2.84. The van der Waals surface area contributed by atoms with Crippen LogP contribution in [0.1, 0.15) is 69.7 Å². The normalized spacial score (nSPS) is 13.7. The van der Waals surface area contributed by atoms with Crippen molar-refractivity contribution in [1.82, 2.24) is 0 Å². The maximum absolute atomic E-state index is 12.3. The van der Waals surface area contributed by atoms with Gasteiger partial charge < -0.3 is 4.74 Å². The highest BCUT2D eigenvalue weighted by Gasteiger charge is 2.13. The van der Waals surface area contributed by atoms with Crippen LogP contribution in [0.4, 0.5) is 0 Å². The van der Waals surface area contributed by atoms with Crippen molar-refractivity contribution in [2.24, 2.45) is 5.92 Å². The number of methoxy groups -OCH3 is 1. The van der Waals surface area contributed by atoms with Gasteiger partial charge in [-0.25, -0.2) is 0 Å². The summed E-state index contributed by atoms with van der Waals surface area (Å²) >= 11 is 3.54. The number of carbonyl (C=O) groups is 1. The van der Waals surface area contributed by atoms with Crippen LogP contribution in [0.2, 0.25) is 0 Å². The molecule has 2 aromatic carbocycles. The van der Waals surface area contributed by atoms with Crippen molar-refractivity contribution in [2.45, 2.75) is 67.4 Å². The van der Waals surface area contributed by atoms with Crippen molar-refractivity contribution in [3.05, 3.63) is 106 Å². The molecule has 0 aromatic heterocycles. The molecule has 2 rings (SSSR count). The number of halogens is 1. The Morgan fingerprint density at radius 2 is 1.67 bits per heavy atom. The average molecular weight is 552 g/mol.